The number of halogens is 2. The lowest BCUT2D eigenvalue weighted by Crippen LogP contribution is -1.95. The van der Waals surface area contributed by atoms with Gasteiger partial charge in [-0.15, -0.1) is 0 Å². The van der Waals surface area contributed by atoms with E-state index in [0.29, 0.717) is 0 Å². The molecule has 0 heterocycles. The minimum absolute atomic E-state index is 0.151. The van der Waals surface area contributed by atoms with E-state index in [1.165, 1.54) is 0 Å². The first-order valence-electron chi connectivity index (χ1n) is 2.91. The lowest BCUT2D eigenvalue weighted by Gasteiger charge is -1.98. The van der Waals surface area contributed by atoms with Gasteiger partial charge in [-0.05, 0) is 0 Å². The second-order valence-electron chi connectivity index (χ2n) is 2.08. The van der Waals surface area contributed by atoms with Crippen LogP contribution in [0.3, 0.4) is 0 Å². The first-order valence-corrected chi connectivity index (χ1v) is 3.29. The maximum atomic E-state index is 12.7. The molecule has 12 heavy (non-hydrogen) atoms. The molecule has 0 aliphatic rings. The van der Waals surface area contributed by atoms with Crippen LogP contribution in [0, 0.1) is 15.9 Å². The van der Waals surface area contributed by atoms with Crippen molar-refractivity contribution in [1.29, 1.82) is 0 Å². The Morgan fingerprint density at radius 2 is 2.17 bits per heavy atom. The molecule has 0 saturated heterocycles. The van der Waals surface area contributed by atoms with Gasteiger partial charge in [-0.2, -0.15) is 0 Å². The third kappa shape index (κ3) is 1.45. The Labute approximate surface area is 71.9 Å². The minimum atomic E-state index is -0.880. The molecular formula is C6H4ClFN2O2. The van der Waals surface area contributed by atoms with E-state index in [1.54, 1.807) is 0 Å². The largest absolute Gasteiger partial charge is 0.395 e. The molecule has 0 aliphatic carbocycles. The number of non-ortho nitro benzene ring substituents is 1. The maximum Gasteiger partial charge on any atom is 0.274 e. The van der Waals surface area contributed by atoms with Gasteiger partial charge in [0, 0.05) is 6.07 Å². The molecule has 1 aromatic carbocycles. The first-order chi connectivity index (χ1) is 5.52. The zero-order valence-corrected chi connectivity index (χ0v) is 6.51. The van der Waals surface area contributed by atoms with Crippen LogP contribution in [-0.4, -0.2) is 4.92 Å². The standard InChI is InChI=1S/C6H4ClFN2O2/c7-4-1-3(10(11)12)2-5(8)6(4)9/h1-2H,9H2. The molecule has 0 aromatic heterocycles. The Bertz CT molecular complexity index is 319. The van der Waals surface area contributed by atoms with Crippen molar-refractivity contribution in [3.8, 4) is 0 Å². The fourth-order valence-electron chi connectivity index (χ4n) is 0.676. The van der Waals surface area contributed by atoms with E-state index in [9.17, 15) is 14.5 Å². The minimum Gasteiger partial charge on any atom is -0.395 e. The molecule has 0 atom stereocenters. The van der Waals surface area contributed by atoms with Crippen LogP contribution >= 0.6 is 11.6 Å². The van der Waals surface area contributed by atoms with Gasteiger partial charge in [-0.1, -0.05) is 11.6 Å². The molecule has 6 heteroatoms. The average Bonchev–Trinajstić information content (AvgIpc) is 1.99. The molecule has 0 aliphatic heterocycles. The number of nitrogens with two attached hydrogens (primary N) is 1. The van der Waals surface area contributed by atoms with Gasteiger partial charge >= 0.3 is 0 Å². The summed E-state index contributed by atoms with van der Waals surface area (Å²) in [5, 5.41) is 10.0. The Morgan fingerprint density at radius 1 is 1.58 bits per heavy atom. The maximum absolute atomic E-state index is 12.7. The number of nitro benzene ring substituents is 1. The number of nitrogens with zero attached hydrogens (tertiary/aromatic N) is 1. The third-order valence-electron chi connectivity index (χ3n) is 1.27. The molecule has 0 saturated carbocycles. The van der Waals surface area contributed by atoms with E-state index < -0.39 is 16.4 Å². The third-order valence-corrected chi connectivity index (χ3v) is 1.59. The molecule has 0 fully saturated rings. The van der Waals surface area contributed by atoms with Crippen LogP contribution in [0.2, 0.25) is 5.02 Å². The molecule has 0 bridgehead atoms. The Morgan fingerprint density at radius 3 is 2.58 bits per heavy atom. The van der Waals surface area contributed by atoms with Crippen molar-refractivity contribution >= 4 is 23.0 Å². The molecule has 0 unspecified atom stereocenters. The fraction of sp³-hybridized carbons (Fsp3) is 0. The molecule has 0 spiro atoms. The summed E-state index contributed by atoms with van der Waals surface area (Å²) in [6, 6.07) is 1.72. The second-order valence-corrected chi connectivity index (χ2v) is 2.49. The van der Waals surface area contributed by atoms with Crippen LogP contribution in [-0.2, 0) is 0 Å². The summed E-state index contributed by atoms with van der Waals surface area (Å²) >= 11 is 5.39. The summed E-state index contributed by atoms with van der Waals surface area (Å²) in [5.74, 6) is -0.880. The molecule has 0 amide bonds. The van der Waals surface area contributed by atoms with Gasteiger partial charge in [0.2, 0.25) is 0 Å². The normalized spacial score (nSPS) is 9.83. The average molecular weight is 191 g/mol. The topological polar surface area (TPSA) is 69.2 Å². The van der Waals surface area contributed by atoms with Crippen LogP contribution in [0.25, 0.3) is 0 Å². The zero-order chi connectivity index (χ0) is 9.30. The van der Waals surface area contributed by atoms with E-state index in [2.05, 4.69) is 0 Å². The summed E-state index contributed by atoms with van der Waals surface area (Å²) in [5.41, 5.74) is 4.44. The zero-order valence-electron chi connectivity index (χ0n) is 5.75. The second kappa shape index (κ2) is 2.94. The van der Waals surface area contributed by atoms with Crippen molar-refractivity contribution < 1.29 is 9.31 Å². The van der Waals surface area contributed by atoms with Crippen molar-refractivity contribution in [1.82, 2.24) is 0 Å². The number of hydrogen-bond donors (Lipinski definition) is 1. The van der Waals surface area contributed by atoms with Crippen molar-refractivity contribution in [2.75, 3.05) is 5.73 Å². The molecule has 1 aromatic rings. The molecule has 2 N–H and O–H groups in total. The van der Waals surface area contributed by atoms with E-state index in [1.807, 2.05) is 0 Å². The van der Waals surface area contributed by atoms with Crippen LogP contribution in [0.5, 0.6) is 0 Å². The molecule has 1 rings (SSSR count). The summed E-state index contributed by atoms with van der Waals surface area (Å²) in [6.07, 6.45) is 0. The summed E-state index contributed by atoms with van der Waals surface area (Å²) in [6.45, 7) is 0. The van der Waals surface area contributed by atoms with E-state index >= 15 is 0 Å². The van der Waals surface area contributed by atoms with Crippen LogP contribution in [0.15, 0.2) is 12.1 Å². The summed E-state index contributed by atoms with van der Waals surface area (Å²) < 4.78 is 12.7. The van der Waals surface area contributed by atoms with Crippen LogP contribution in [0.1, 0.15) is 0 Å². The SMILES string of the molecule is Nc1c(F)cc([N+](=O)[O-])cc1Cl. The smallest absolute Gasteiger partial charge is 0.274 e. The summed E-state index contributed by atoms with van der Waals surface area (Å²) in [7, 11) is 0. The molecule has 4 nitrogen and oxygen atoms in total. The molecule has 64 valence electrons. The predicted molar refractivity (Wildman–Crippen MR) is 42.5 cm³/mol. The van der Waals surface area contributed by atoms with Crippen LogP contribution in [0.4, 0.5) is 15.8 Å². The number of nitro groups is 1. The summed E-state index contributed by atoms with van der Waals surface area (Å²) in [4.78, 5) is 9.41. The number of rotatable bonds is 1. The lowest BCUT2D eigenvalue weighted by molar-refractivity contribution is -0.385. The Balaban J connectivity index is 3.31. The molecule has 0 radical (unpaired) electrons. The highest BCUT2D eigenvalue weighted by molar-refractivity contribution is 6.33. The first kappa shape index (κ1) is 8.73. The van der Waals surface area contributed by atoms with Gasteiger partial charge in [0.25, 0.3) is 5.69 Å². The monoisotopic (exact) mass is 190 g/mol. The van der Waals surface area contributed by atoms with Gasteiger partial charge in [0.15, 0.2) is 5.82 Å². The highest BCUT2D eigenvalue weighted by Crippen LogP contribution is 2.27. The fourth-order valence-corrected chi connectivity index (χ4v) is 0.878. The number of anilines is 1. The van der Waals surface area contributed by atoms with Crippen LogP contribution < -0.4 is 5.73 Å². The van der Waals surface area contributed by atoms with Crippen molar-refractivity contribution in [2.24, 2.45) is 0 Å². The van der Waals surface area contributed by atoms with E-state index in [4.69, 9.17) is 17.3 Å². The van der Waals surface area contributed by atoms with E-state index in [-0.39, 0.29) is 10.7 Å². The quantitative estimate of drug-likeness (QED) is 0.418. The van der Waals surface area contributed by atoms with Crippen molar-refractivity contribution in [2.45, 2.75) is 0 Å². The van der Waals surface area contributed by atoms with E-state index in [0.717, 1.165) is 12.1 Å². The van der Waals surface area contributed by atoms with Gasteiger partial charge in [0.05, 0.1) is 21.7 Å². The number of hydrogen-bond acceptors (Lipinski definition) is 3. The van der Waals surface area contributed by atoms with Gasteiger partial charge < -0.3 is 5.73 Å². The Kier molecular flexibility index (Phi) is 2.14. The van der Waals surface area contributed by atoms with Gasteiger partial charge in [-0.3, -0.25) is 10.1 Å². The highest BCUT2D eigenvalue weighted by Gasteiger charge is 2.12. The predicted octanol–water partition coefficient (Wildman–Crippen LogP) is 1.97. The highest BCUT2D eigenvalue weighted by atomic mass is 35.5. The molecular weight excluding hydrogens is 187 g/mol. The van der Waals surface area contributed by atoms with Gasteiger partial charge in [-0.25, -0.2) is 4.39 Å². The van der Waals surface area contributed by atoms with Gasteiger partial charge in [0.1, 0.15) is 0 Å². The lowest BCUT2D eigenvalue weighted by atomic mass is 10.3. The van der Waals surface area contributed by atoms with Crippen molar-refractivity contribution in [3.63, 3.8) is 0 Å². The number of benzene rings is 1. The number of nitrogen functional groups attached to an aromatic ring is 1. The Hall–Kier alpha value is -1.36. The van der Waals surface area contributed by atoms with Crippen molar-refractivity contribution in [3.05, 3.63) is 33.1 Å².